The van der Waals surface area contributed by atoms with Gasteiger partial charge in [-0.05, 0) is 36.8 Å². The fourth-order valence-electron chi connectivity index (χ4n) is 3.09. The lowest BCUT2D eigenvalue weighted by atomic mass is 10.1. The van der Waals surface area contributed by atoms with E-state index in [2.05, 4.69) is 11.4 Å². The third-order valence-corrected chi connectivity index (χ3v) is 6.06. The van der Waals surface area contributed by atoms with E-state index in [1.54, 1.807) is 41.3 Å². The molecule has 1 aliphatic heterocycles. The molecule has 134 valence electrons. The Morgan fingerprint density at radius 1 is 1.19 bits per heavy atom. The predicted molar refractivity (Wildman–Crippen MR) is 101 cm³/mol. The van der Waals surface area contributed by atoms with Gasteiger partial charge in [-0.3, -0.25) is 4.79 Å². The number of sulfone groups is 1. The number of carbonyl (C=O) groups is 1. The zero-order valence-corrected chi connectivity index (χ0v) is 14.9. The molecule has 1 aliphatic rings. The van der Waals surface area contributed by atoms with Gasteiger partial charge in [0.25, 0.3) is 0 Å². The molecule has 7 heteroatoms. The molecule has 3 rings (SSSR count). The lowest BCUT2D eigenvalue weighted by Gasteiger charge is -2.28. The lowest BCUT2D eigenvalue weighted by Crippen LogP contribution is -2.44. The van der Waals surface area contributed by atoms with E-state index in [0.717, 1.165) is 0 Å². The summed E-state index contributed by atoms with van der Waals surface area (Å²) in [4.78, 5) is 14.4. The molecule has 1 fully saturated rings. The molecular weight excluding hydrogens is 350 g/mol. The molecule has 0 saturated carbocycles. The summed E-state index contributed by atoms with van der Waals surface area (Å²) in [7, 11) is -3.11. The molecule has 0 spiro atoms. The van der Waals surface area contributed by atoms with Crippen molar-refractivity contribution in [3.63, 3.8) is 0 Å². The number of nitrogens with one attached hydrogen (secondary N) is 1. The van der Waals surface area contributed by atoms with Crippen LogP contribution in [0.15, 0.2) is 54.6 Å². The molecule has 2 aromatic rings. The number of rotatable bonds is 5. The summed E-state index contributed by atoms with van der Waals surface area (Å²) in [6.07, 6.45) is 0.437. The number of carbonyl (C=O) groups excluding carboxylic acids is 1. The number of nitriles is 1. The fraction of sp³-hybridized carbons (Fsp3) is 0.263. The highest BCUT2D eigenvalue weighted by Crippen LogP contribution is 2.24. The summed E-state index contributed by atoms with van der Waals surface area (Å²) < 4.78 is 23.7. The molecule has 0 bridgehead atoms. The van der Waals surface area contributed by atoms with Crippen LogP contribution in [0.1, 0.15) is 12.0 Å². The van der Waals surface area contributed by atoms with Crippen molar-refractivity contribution < 1.29 is 13.2 Å². The van der Waals surface area contributed by atoms with Crippen molar-refractivity contribution in [3.8, 4) is 6.07 Å². The first-order valence-corrected chi connectivity index (χ1v) is 10.1. The van der Waals surface area contributed by atoms with Gasteiger partial charge in [-0.15, -0.1) is 0 Å². The highest BCUT2D eigenvalue weighted by atomic mass is 32.2. The Bertz CT molecular complexity index is 936. The average Bonchev–Trinajstić information content (AvgIpc) is 3.00. The van der Waals surface area contributed by atoms with E-state index in [1.165, 1.54) is 0 Å². The molecule has 0 aliphatic carbocycles. The van der Waals surface area contributed by atoms with Gasteiger partial charge in [0.2, 0.25) is 5.91 Å². The first-order chi connectivity index (χ1) is 12.5. The highest BCUT2D eigenvalue weighted by Gasteiger charge is 2.35. The number of nitrogens with zero attached hydrogens (tertiary/aromatic N) is 2. The van der Waals surface area contributed by atoms with E-state index in [4.69, 9.17) is 5.26 Å². The minimum absolute atomic E-state index is 0.0142. The Morgan fingerprint density at radius 3 is 2.62 bits per heavy atom. The van der Waals surface area contributed by atoms with Crippen LogP contribution in [0.25, 0.3) is 0 Å². The maximum absolute atomic E-state index is 12.9. The van der Waals surface area contributed by atoms with Gasteiger partial charge < -0.3 is 10.2 Å². The van der Waals surface area contributed by atoms with Crippen molar-refractivity contribution in [2.75, 3.05) is 28.3 Å². The molecule has 1 atom stereocenters. The lowest BCUT2D eigenvalue weighted by molar-refractivity contribution is -0.117. The van der Waals surface area contributed by atoms with Crippen molar-refractivity contribution in [1.29, 1.82) is 5.26 Å². The molecule has 2 aromatic carbocycles. The minimum Gasteiger partial charge on any atom is -0.376 e. The molecule has 0 radical (unpaired) electrons. The fourth-order valence-corrected chi connectivity index (χ4v) is 4.79. The Kier molecular flexibility index (Phi) is 5.24. The Hall–Kier alpha value is -2.85. The van der Waals surface area contributed by atoms with Gasteiger partial charge in [0, 0.05) is 11.4 Å². The van der Waals surface area contributed by atoms with E-state index in [9.17, 15) is 13.2 Å². The van der Waals surface area contributed by atoms with Crippen LogP contribution in [-0.2, 0) is 14.6 Å². The highest BCUT2D eigenvalue weighted by molar-refractivity contribution is 7.91. The van der Waals surface area contributed by atoms with Gasteiger partial charge in [-0.25, -0.2) is 8.42 Å². The van der Waals surface area contributed by atoms with Gasteiger partial charge in [-0.2, -0.15) is 5.26 Å². The van der Waals surface area contributed by atoms with Crippen LogP contribution in [0.5, 0.6) is 0 Å². The summed E-state index contributed by atoms with van der Waals surface area (Å²) in [6.45, 7) is 0.0142. The molecule has 6 nitrogen and oxygen atoms in total. The van der Waals surface area contributed by atoms with Crippen LogP contribution in [-0.4, -0.2) is 38.4 Å². The number of amides is 1. The first kappa shape index (κ1) is 18.0. The molecule has 26 heavy (non-hydrogen) atoms. The summed E-state index contributed by atoms with van der Waals surface area (Å²) >= 11 is 0. The van der Waals surface area contributed by atoms with Crippen LogP contribution in [0.4, 0.5) is 11.4 Å². The molecule has 0 aromatic heterocycles. The molecule has 1 N–H and O–H groups in total. The summed E-state index contributed by atoms with van der Waals surface area (Å²) in [5.41, 5.74) is 1.86. The molecule has 1 saturated heterocycles. The smallest absolute Gasteiger partial charge is 0.246 e. The Labute approximate surface area is 153 Å². The van der Waals surface area contributed by atoms with Crippen LogP contribution in [0, 0.1) is 11.3 Å². The summed E-state index contributed by atoms with van der Waals surface area (Å²) in [6, 6.07) is 17.7. The second-order valence-electron chi connectivity index (χ2n) is 6.20. The number of hydrogen-bond acceptors (Lipinski definition) is 5. The van der Waals surface area contributed by atoms with E-state index in [0.29, 0.717) is 23.4 Å². The van der Waals surface area contributed by atoms with Crippen molar-refractivity contribution in [1.82, 2.24) is 0 Å². The van der Waals surface area contributed by atoms with Gasteiger partial charge in [-0.1, -0.05) is 24.3 Å². The second-order valence-corrected chi connectivity index (χ2v) is 8.43. The topological polar surface area (TPSA) is 90.3 Å². The summed E-state index contributed by atoms with van der Waals surface area (Å²) in [5, 5.41) is 12.0. The van der Waals surface area contributed by atoms with Gasteiger partial charge in [0.1, 0.15) is 0 Å². The van der Waals surface area contributed by atoms with Crippen molar-refractivity contribution in [3.05, 3.63) is 60.2 Å². The van der Waals surface area contributed by atoms with Crippen LogP contribution in [0.3, 0.4) is 0 Å². The van der Waals surface area contributed by atoms with E-state index in [1.807, 2.05) is 18.2 Å². The van der Waals surface area contributed by atoms with E-state index < -0.39 is 9.84 Å². The third-order valence-electron chi connectivity index (χ3n) is 4.31. The second kappa shape index (κ2) is 7.58. The number of benzene rings is 2. The van der Waals surface area contributed by atoms with Gasteiger partial charge in [0.15, 0.2) is 9.84 Å². The van der Waals surface area contributed by atoms with Gasteiger partial charge >= 0.3 is 0 Å². The van der Waals surface area contributed by atoms with Crippen molar-refractivity contribution in [2.24, 2.45) is 0 Å². The minimum atomic E-state index is -3.11. The standard InChI is InChI=1S/C19H19N3O3S/c20-12-15-5-4-6-16(11-15)21-13-19(23)22(17-7-2-1-3-8-17)18-9-10-26(24,25)14-18/h1-8,11,18,21H,9-10,13-14H2/t18-/m0/s1. The van der Waals surface area contributed by atoms with Crippen molar-refractivity contribution >= 4 is 27.1 Å². The molecular formula is C19H19N3O3S. The zero-order chi connectivity index (χ0) is 18.6. The monoisotopic (exact) mass is 369 g/mol. The largest absolute Gasteiger partial charge is 0.376 e. The zero-order valence-electron chi connectivity index (χ0n) is 14.1. The van der Waals surface area contributed by atoms with E-state index >= 15 is 0 Å². The number of para-hydroxylation sites is 1. The normalized spacial score (nSPS) is 18.0. The van der Waals surface area contributed by atoms with Crippen LogP contribution in [0.2, 0.25) is 0 Å². The Morgan fingerprint density at radius 2 is 1.96 bits per heavy atom. The predicted octanol–water partition coefficient (Wildman–Crippen LogP) is 2.19. The SMILES string of the molecule is N#Cc1cccc(NCC(=O)N(c2ccccc2)[C@H]2CCS(=O)(=O)C2)c1. The van der Waals surface area contributed by atoms with Gasteiger partial charge in [0.05, 0.1) is 35.7 Å². The number of anilines is 2. The maximum atomic E-state index is 12.9. The quantitative estimate of drug-likeness (QED) is 0.872. The first-order valence-electron chi connectivity index (χ1n) is 8.30. The third kappa shape index (κ3) is 4.21. The summed E-state index contributed by atoms with van der Waals surface area (Å²) in [5.74, 6) is -0.121. The molecule has 0 unspecified atom stereocenters. The average molecular weight is 369 g/mol. The Balaban J connectivity index is 1.78. The molecule has 1 amide bonds. The van der Waals surface area contributed by atoms with Crippen molar-refractivity contribution in [2.45, 2.75) is 12.5 Å². The van der Waals surface area contributed by atoms with E-state index in [-0.39, 0.29) is 30.0 Å². The van der Waals surface area contributed by atoms with Crippen LogP contribution < -0.4 is 10.2 Å². The van der Waals surface area contributed by atoms with Crippen LogP contribution >= 0.6 is 0 Å². The maximum Gasteiger partial charge on any atom is 0.246 e. The number of hydrogen-bond donors (Lipinski definition) is 1. The molecule has 1 heterocycles.